The van der Waals surface area contributed by atoms with Gasteiger partial charge in [-0.2, -0.15) is 0 Å². The van der Waals surface area contributed by atoms with E-state index in [0.717, 1.165) is 16.0 Å². The van der Waals surface area contributed by atoms with Gasteiger partial charge in [0.25, 0.3) is 5.91 Å². The van der Waals surface area contributed by atoms with E-state index in [-0.39, 0.29) is 30.4 Å². The normalized spacial score (nSPS) is 13.1. The third kappa shape index (κ3) is 5.39. The van der Waals surface area contributed by atoms with Gasteiger partial charge in [-0.25, -0.2) is 4.39 Å². The van der Waals surface area contributed by atoms with Crippen LogP contribution < -0.4 is 10.6 Å². The van der Waals surface area contributed by atoms with Gasteiger partial charge < -0.3 is 10.6 Å². The molecule has 140 valence electrons. The predicted molar refractivity (Wildman–Crippen MR) is 107 cm³/mol. The fourth-order valence-electron chi connectivity index (χ4n) is 2.86. The van der Waals surface area contributed by atoms with Gasteiger partial charge in [0.05, 0.1) is 6.04 Å². The molecule has 27 heavy (non-hydrogen) atoms. The van der Waals surface area contributed by atoms with Gasteiger partial charge in [0.15, 0.2) is 6.54 Å². The summed E-state index contributed by atoms with van der Waals surface area (Å²) >= 11 is 7.60. The first-order valence-corrected chi connectivity index (χ1v) is 9.95. The number of amides is 1. The van der Waals surface area contributed by atoms with Crippen LogP contribution in [0, 0.1) is 5.82 Å². The summed E-state index contributed by atoms with van der Waals surface area (Å²) in [4.78, 5) is 13.6. The highest BCUT2D eigenvalue weighted by Gasteiger charge is 2.20. The molecule has 1 heterocycles. The van der Waals surface area contributed by atoms with Crippen molar-refractivity contribution in [2.45, 2.75) is 19.0 Å². The molecule has 3 nitrogen and oxygen atoms in total. The van der Waals surface area contributed by atoms with E-state index in [2.05, 4.69) is 5.32 Å². The summed E-state index contributed by atoms with van der Waals surface area (Å²) in [6.45, 7) is 2.33. The lowest BCUT2D eigenvalue weighted by molar-refractivity contribution is -0.682. The van der Waals surface area contributed by atoms with Crippen molar-refractivity contribution in [3.8, 4) is 0 Å². The Morgan fingerprint density at radius 3 is 2.59 bits per heavy atom. The number of benzene rings is 2. The molecule has 0 aliphatic rings. The highest BCUT2D eigenvalue weighted by atomic mass is 35.5. The van der Waals surface area contributed by atoms with E-state index in [1.165, 1.54) is 12.1 Å². The highest BCUT2D eigenvalue weighted by Crippen LogP contribution is 2.26. The van der Waals surface area contributed by atoms with Crippen LogP contribution in [0.25, 0.3) is 0 Å². The SMILES string of the molecule is C[C@H]([NH2+]CC(=O)N[C@H](c1ccc(F)cc1)c1cccs1)c1cccc(Cl)c1. The molecule has 3 rings (SSSR count). The van der Waals surface area contributed by atoms with Crippen LogP contribution in [-0.4, -0.2) is 12.5 Å². The fraction of sp³-hybridized carbons (Fsp3) is 0.190. The third-order valence-corrected chi connectivity index (χ3v) is 5.54. The van der Waals surface area contributed by atoms with Gasteiger partial charge >= 0.3 is 0 Å². The molecule has 0 unspecified atom stereocenters. The van der Waals surface area contributed by atoms with Crippen molar-refractivity contribution in [1.82, 2.24) is 5.32 Å². The summed E-state index contributed by atoms with van der Waals surface area (Å²) < 4.78 is 13.3. The molecule has 0 spiro atoms. The van der Waals surface area contributed by atoms with Crippen LogP contribution in [-0.2, 0) is 4.79 Å². The van der Waals surface area contributed by atoms with Crippen molar-refractivity contribution in [3.05, 3.63) is 92.9 Å². The molecule has 2 aromatic carbocycles. The largest absolute Gasteiger partial charge is 0.339 e. The number of nitrogens with two attached hydrogens (primary N) is 1. The first kappa shape index (κ1) is 19.5. The number of hydrogen-bond donors (Lipinski definition) is 2. The number of rotatable bonds is 7. The second-order valence-electron chi connectivity index (χ2n) is 6.35. The molecule has 2 atom stereocenters. The standard InChI is InChI=1S/C21H20ClFN2OS/c1-14(16-4-2-5-17(22)12-16)24-13-20(26)25-21(19-6-3-11-27-19)15-7-9-18(23)10-8-15/h2-12,14,21,24H,13H2,1H3,(H,25,26)/p+1/t14-,21+/m0/s1. The lowest BCUT2D eigenvalue weighted by Gasteiger charge is -2.18. The minimum absolute atomic E-state index is 0.0772. The lowest BCUT2D eigenvalue weighted by atomic mass is 10.1. The van der Waals surface area contributed by atoms with Crippen molar-refractivity contribution in [1.29, 1.82) is 0 Å². The summed E-state index contributed by atoms with van der Waals surface area (Å²) in [6.07, 6.45) is 0. The Hall–Kier alpha value is -2.21. The zero-order valence-corrected chi connectivity index (χ0v) is 16.4. The Morgan fingerprint density at radius 1 is 1.15 bits per heavy atom. The second-order valence-corrected chi connectivity index (χ2v) is 7.77. The van der Waals surface area contributed by atoms with Gasteiger partial charge in [-0.1, -0.05) is 41.9 Å². The first-order valence-electron chi connectivity index (χ1n) is 8.70. The van der Waals surface area contributed by atoms with Crippen LogP contribution in [0.3, 0.4) is 0 Å². The highest BCUT2D eigenvalue weighted by molar-refractivity contribution is 7.10. The Balaban J connectivity index is 1.65. The zero-order valence-electron chi connectivity index (χ0n) is 14.9. The molecule has 6 heteroatoms. The predicted octanol–water partition coefficient (Wildman–Crippen LogP) is 4.07. The molecule has 3 N–H and O–H groups in total. The van der Waals surface area contributed by atoms with Crippen molar-refractivity contribution < 1.29 is 14.5 Å². The molecule has 1 aromatic heterocycles. The van der Waals surface area contributed by atoms with Crippen LogP contribution in [0.15, 0.2) is 66.0 Å². The number of carbonyl (C=O) groups is 1. The Bertz CT molecular complexity index is 883. The Morgan fingerprint density at radius 2 is 1.93 bits per heavy atom. The second kappa shape index (κ2) is 9.13. The summed E-state index contributed by atoms with van der Waals surface area (Å²) in [7, 11) is 0. The Kier molecular flexibility index (Phi) is 6.61. The van der Waals surface area contributed by atoms with Gasteiger partial charge in [-0.05, 0) is 48.2 Å². The molecule has 0 radical (unpaired) electrons. The maximum atomic E-state index is 13.3. The summed E-state index contributed by atoms with van der Waals surface area (Å²) in [5.74, 6) is -0.370. The Labute approximate surface area is 167 Å². The van der Waals surface area contributed by atoms with Crippen LogP contribution in [0.4, 0.5) is 4.39 Å². The van der Waals surface area contributed by atoms with Gasteiger partial charge in [0, 0.05) is 15.5 Å². The first-order chi connectivity index (χ1) is 13.0. The smallest absolute Gasteiger partial charge is 0.275 e. The minimum atomic E-state index is -0.293. The van der Waals surface area contributed by atoms with Crippen LogP contribution >= 0.6 is 22.9 Å². The summed E-state index contributed by atoms with van der Waals surface area (Å²) in [5, 5.41) is 7.68. The van der Waals surface area contributed by atoms with Gasteiger partial charge in [0.1, 0.15) is 11.9 Å². The van der Waals surface area contributed by atoms with E-state index in [0.29, 0.717) is 5.02 Å². The summed E-state index contributed by atoms with van der Waals surface area (Å²) in [5.41, 5.74) is 1.93. The molecular formula is C21H21ClFN2OS+. The third-order valence-electron chi connectivity index (χ3n) is 4.37. The molecule has 0 aliphatic carbocycles. The van der Waals surface area contributed by atoms with E-state index in [1.54, 1.807) is 23.5 Å². The quantitative estimate of drug-likeness (QED) is 0.613. The van der Waals surface area contributed by atoms with Crippen molar-refractivity contribution in [2.75, 3.05) is 6.54 Å². The summed E-state index contributed by atoms with van der Waals surface area (Å²) in [6, 6.07) is 17.6. The molecule has 1 amide bonds. The fourth-order valence-corrected chi connectivity index (χ4v) is 3.86. The molecule has 0 saturated heterocycles. The van der Waals surface area contributed by atoms with E-state index in [4.69, 9.17) is 11.6 Å². The van der Waals surface area contributed by atoms with Gasteiger partial charge in [-0.15, -0.1) is 11.3 Å². The molecule has 0 bridgehead atoms. The lowest BCUT2D eigenvalue weighted by Crippen LogP contribution is -2.87. The monoisotopic (exact) mass is 403 g/mol. The van der Waals surface area contributed by atoms with E-state index >= 15 is 0 Å². The van der Waals surface area contributed by atoms with E-state index < -0.39 is 0 Å². The van der Waals surface area contributed by atoms with Crippen molar-refractivity contribution >= 4 is 28.8 Å². The van der Waals surface area contributed by atoms with Crippen molar-refractivity contribution in [3.63, 3.8) is 0 Å². The molecule has 0 fully saturated rings. The van der Waals surface area contributed by atoms with Crippen molar-refractivity contribution in [2.24, 2.45) is 0 Å². The number of quaternary nitrogens is 1. The molecule has 0 saturated carbocycles. The number of nitrogens with one attached hydrogen (secondary N) is 1. The van der Waals surface area contributed by atoms with Crippen LogP contribution in [0.1, 0.15) is 35.0 Å². The maximum Gasteiger partial charge on any atom is 0.275 e. The average molecular weight is 404 g/mol. The zero-order chi connectivity index (χ0) is 19.2. The molecule has 3 aromatic rings. The number of halogens is 2. The number of carbonyl (C=O) groups excluding carboxylic acids is 1. The molecule has 0 aliphatic heterocycles. The average Bonchev–Trinajstić information content (AvgIpc) is 3.19. The molecular weight excluding hydrogens is 383 g/mol. The number of hydrogen-bond acceptors (Lipinski definition) is 2. The van der Waals surface area contributed by atoms with Crippen LogP contribution in [0.2, 0.25) is 5.02 Å². The van der Waals surface area contributed by atoms with E-state index in [1.807, 2.05) is 54.0 Å². The van der Waals surface area contributed by atoms with Gasteiger partial charge in [-0.3, -0.25) is 4.79 Å². The topological polar surface area (TPSA) is 45.7 Å². The van der Waals surface area contributed by atoms with Crippen LogP contribution in [0.5, 0.6) is 0 Å². The van der Waals surface area contributed by atoms with E-state index in [9.17, 15) is 9.18 Å². The number of thiophene rings is 1. The maximum absolute atomic E-state index is 13.3. The van der Waals surface area contributed by atoms with Gasteiger partial charge in [0.2, 0.25) is 0 Å². The minimum Gasteiger partial charge on any atom is -0.339 e.